The molecule has 29 heavy (non-hydrogen) atoms. The number of aromatic carboxylic acids is 1. The average Bonchev–Trinajstić information content (AvgIpc) is 2.69. The zero-order valence-corrected chi connectivity index (χ0v) is 20.4. The summed E-state index contributed by atoms with van der Waals surface area (Å²) in [5.74, 6) is -1.31. The summed E-state index contributed by atoms with van der Waals surface area (Å²) < 4.78 is 7.45. The van der Waals surface area contributed by atoms with Crippen molar-refractivity contribution in [3.05, 3.63) is 70.1 Å². The molecule has 1 aliphatic heterocycles. The van der Waals surface area contributed by atoms with Crippen LogP contribution in [0.5, 0.6) is 5.75 Å². The fraction of sp³-hybridized carbons (Fsp3) is 0. The third kappa shape index (κ3) is 3.24. The van der Waals surface area contributed by atoms with Crippen LogP contribution in [0.3, 0.4) is 0 Å². The lowest BCUT2D eigenvalue weighted by Gasteiger charge is -2.19. The minimum atomic E-state index is -1.12. The van der Waals surface area contributed by atoms with E-state index in [9.17, 15) is 19.8 Å². The smallest absolute Gasteiger partial charge is 0.336 e. The van der Waals surface area contributed by atoms with Gasteiger partial charge in [0, 0.05) is 15.4 Å². The van der Waals surface area contributed by atoms with Gasteiger partial charge in [-0.1, -0.05) is 34.1 Å². The van der Waals surface area contributed by atoms with Crippen molar-refractivity contribution in [2.45, 2.75) is 0 Å². The Hall–Kier alpha value is -1.68. The number of aromatic hydroxyl groups is 1. The van der Waals surface area contributed by atoms with Crippen molar-refractivity contribution in [3.63, 3.8) is 0 Å². The van der Waals surface area contributed by atoms with Gasteiger partial charge in [0.15, 0.2) is 11.5 Å². The second-order valence-electron chi connectivity index (χ2n) is 6.10. The Bertz CT molecular complexity index is 1360. The molecule has 146 valence electrons. The molecule has 0 aromatic heterocycles. The number of fused-ring (bicyclic) bond motifs is 2. The van der Waals surface area contributed by atoms with Crippen molar-refractivity contribution in [2.24, 2.45) is 0 Å². The second kappa shape index (κ2) is 7.54. The molecular weight excluding hydrogens is 640 g/mol. The van der Waals surface area contributed by atoms with Gasteiger partial charge in [0.05, 0.1) is 15.6 Å². The van der Waals surface area contributed by atoms with Crippen LogP contribution in [0.2, 0.25) is 0 Å². The van der Waals surface area contributed by atoms with Crippen LogP contribution >= 0.6 is 63.7 Å². The van der Waals surface area contributed by atoms with Gasteiger partial charge >= 0.3 is 5.97 Å². The molecule has 9 heteroatoms. The van der Waals surface area contributed by atoms with Crippen molar-refractivity contribution in [3.8, 4) is 28.2 Å². The Balaban J connectivity index is 2.37. The fourth-order valence-electron chi connectivity index (χ4n) is 3.21. The second-order valence-corrected chi connectivity index (χ2v) is 9.46. The van der Waals surface area contributed by atoms with Crippen molar-refractivity contribution < 1.29 is 19.4 Å². The van der Waals surface area contributed by atoms with E-state index in [2.05, 4.69) is 63.7 Å². The van der Waals surface area contributed by atoms with Crippen LogP contribution in [0.1, 0.15) is 10.4 Å². The number of halogens is 4. The van der Waals surface area contributed by atoms with Gasteiger partial charge in [-0.15, -0.1) is 0 Å². The molecule has 5 nitrogen and oxygen atoms in total. The van der Waals surface area contributed by atoms with E-state index in [4.69, 9.17) is 4.42 Å². The molecule has 4 rings (SSSR count). The molecule has 2 aromatic carbocycles. The standard InChI is InChI=1S/C20H8Br4O5/c21-7-5-10-12(8-3-1-2-4-9(8)20(27)28)13-16(25)14(23)17(26)15(24)19(13)29-18(10)11(22)6-7/h1-6,26H,(H,27,28). The first-order valence-electron chi connectivity index (χ1n) is 8.00. The molecule has 1 aliphatic carbocycles. The first kappa shape index (κ1) is 20.6. The van der Waals surface area contributed by atoms with Crippen LogP contribution in [0.15, 0.2) is 63.5 Å². The summed E-state index contributed by atoms with van der Waals surface area (Å²) in [5, 5.41) is 20.6. The van der Waals surface area contributed by atoms with Crippen molar-refractivity contribution >= 4 is 80.7 Å². The SMILES string of the molecule is O=C(O)c1ccccc1-c1c2c(=O)c(Br)c(O)c(Br)c-2oc2c(Br)cc(Br)cc12. The van der Waals surface area contributed by atoms with Crippen LogP contribution in [-0.4, -0.2) is 16.2 Å². The molecule has 0 bridgehead atoms. The monoisotopic (exact) mass is 644 g/mol. The predicted octanol–water partition coefficient (Wildman–Crippen LogP) is 7.02. The van der Waals surface area contributed by atoms with Crippen LogP contribution in [0.4, 0.5) is 0 Å². The number of phenols is 1. The first-order chi connectivity index (χ1) is 13.7. The number of hydrogen-bond acceptors (Lipinski definition) is 4. The lowest BCUT2D eigenvalue weighted by atomic mass is 9.90. The van der Waals surface area contributed by atoms with Crippen LogP contribution < -0.4 is 5.43 Å². The Morgan fingerprint density at radius 1 is 0.966 bits per heavy atom. The van der Waals surface area contributed by atoms with Gasteiger partial charge in [-0.25, -0.2) is 4.79 Å². The van der Waals surface area contributed by atoms with Crippen LogP contribution in [0, 0.1) is 0 Å². The quantitative estimate of drug-likeness (QED) is 0.229. The molecule has 0 saturated heterocycles. The van der Waals surface area contributed by atoms with Gasteiger partial charge in [0.25, 0.3) is 0 Å². The highest BCUT2D eigenvalue weighted by molar-refractivity contribution is 9.11. The van der Waals surface area contributed by atoms with E-state index in [1.807, 2.05) is 0 Å². The maximum absolute atomic E-state index is 13.1. The highest BCUT2D eigenvalue weighted by Crippen LogP contribution is 2.48. The molecule has 0 amide bonds. The minimum absolute atomic E-state index is 0.0390. The molecule has 2 aliphatic rings. The van der Waals surface area contributed by atoms with Gasteiger partial charge in [-0.2, -0.15) is 0 Å². The summed E-state index contributed by atoms with van der Waals surface area (Å²) in [7, 11) is 0. The highest BCUT2D eigenvalue weighted by Gasteiger charge is 2.29. The zero-order valence-electron chi connectivity index (χ0n) is 14.1. The van der Waals surface area contributed by atoms with E-state index in [-0.39, 0.29) is 31.6 Å². The average molecular weight is 648 g/mol. The highest BCUT2D eigenvalue weighted by atomic mass is 79.9. The van der Waals surface area contributed by atoms with Crippen molar-refractivity contribution in [1.29, 1.82) is 0 Å². The normalized spacial score (nSPS) is 11.3. The number of hydrogen-bond donors (Lipinski definition) is 2. The molecule has 0 radical (unpaired) electrons. The van der Waals surface area contributed by atoms with Crippen LogP contribution in [0.25, 0.3) is 33.4 Å². The third-order valence-corrected chi connectivity index (χ3v) is 6.95. The maximum Gasteiger partial charge on any atom is 0.336 e. The summed E-state index contributed by atoms with van der Waals surface area (Å²) in [6, 6.07) is 9.96. The Kier molecular flexibility index (Phi) is 5.35. The number of benzene rings is 3. The molecule has 1 heterocycles. The lowest BCUT2D eigenvalue weighted by molar-refractivity contribution is 0.0697. The Morgan fingerprint density at radius 2 is 1.66 bits per heavy atom. The Morgan fingerprint density at radius 3 is 2.34 bits per heavy atom. The van der Waals surface area contributed by atoms with E-state index in [0.29, 0.717) is 31.0 Å². The van der Waals surface area contributed by atoms with E-state index >= 15 is 0 Å². The molecule has 0 saturated carbocycles. The number of phenolic OH excluding ortho intramolecular Hbond substituents is 1. The number of carboxylic acids is 1. The largest absolute Gasteiger partial charge is 0.505 e. The number of rotatable bonds is 2. The summed E-state index contributed by atoms with van der Waals surface area (Å²) in [4.78, 5) is 25.0. The van der Waals surface area contributed by atoms with E-state index < -0.39 is 11.4 Å². The molecule has 0 spiro atoms. The molecule has 0 fully saturated rings. The van der Waals surface area contributed by atoms with Crippen LogP contribution in [-0.2, 0) is 0 Å². The summed E-state index contributed by atoms with van der Waals surface area (Å²) in [5.41, 5.74) is 0.824. The van der Waals surface area contributed by atoms with Gasteiger partial charge in [-0.3, -0.25) is 4.79 Å². The van der Waals surface area contributed by atoms with E-state index in [0.717, 1.165) is 0 Å². The fourth-order valence-corrected chi connectivity index (χ4v) is 5.66. The van der Waals surface area contributed by atoms with Gasteiger partial charge in [-0.05, 0) is 71.6 Å². The number of carboxylic acid groups (broad SMARTS) is 1. The summed E-state index contributed by atoms with van der Waals surface area (Å²) in [6.45, 7) is 0. The third-order valence-electron chi connectivity index (χ3n) is 4.43. The lowest BCUT2D eigenvalue weighted by Crippen LogP contribution is -2.11. The number of carbonyl (C=O) groups is 1. The topological polar surface area (TPSA) is 87.7 Å². The molecule has 2 N–H and O–H groups in total. The van der Waals surface area contributed by atoms with E-state index in [1.165, 1.54) is 6.07 Å². The van der Waals surface area contributed by atoms with Gasteiger partial charge in [0.1, 0.15) is 14.5 Å². The van der Waals surface area contributed by atoms with Gasteiger partial charge in [0.2, 0.25) is 5.43 Å². The van der Waals surface area contributed by atoms with E-state index in [1.54, 1.807) is 30.3 Å². The maximum atomic E-state index is 13.1. The summed E-state index contributed by atoms with van der Waals surface area (Å²) >= 11 is 13.3. The van der Waals surface area contributed by atoms with Gasteiger partial charge < -0.3 is 14.6 Å². The molecular formula is C20H8Br4O5. The predicted molar refractivity (Wildman–Crippen MR) is 124 cm³/mol. The minimum Gasteiger partial charge on any atom is -0.505 e. The van der Waals surface area contributed by atoms with Crippen molar-refractivity contribution in [1.82, 2.24) is 0 Å². The zero-order chi connectivity index (χ0) is 21.0. The molecule has 2 aromatic rings. The first-order valence-corrected chi connectivity index (χ1v) is 11.2. The van der Waals surface area contributed by atoms with Crippen molar-refractivity contribution in [2.75, 3.05) is 0 Å². The molecule has 0 unspecified atom stereocenters. The molecule has 0 atom stereocenters. The summed E-state index contributed by atoms with van der Waals surface area (Å²) in [6.07, 6.45) is 0. The Labute approximate surface area is 197 Å².